The molecule has 0 aliphatic heterocycles. The summed E-state index contributed by atoms with van der Waals surface area (Å²) in [4.78, 5) is 0. The number of aliphatic hydroxyl groups excluding tert-OH is 1. The first-order valence-corrected chi connectivity index (χ1v) is 158. The van der Waals surface area contributed by atoms with E-state index in [2.05, 4.69) is 0 Å². The molecule has 112 heteroatoms. The SMILES string of the molecule is C[Si](CCCOCCO)(O[Si](=O)[Si](=O)[Si](=O)[Si](=O)[Si](=O)[Si](=O)[Si](=O)[Si](=O)[Si](=O)[Si](=O)[Si](=O)[Si](=O)[Si](=O)[Si](=O)[Si](=O)[Si](=O)[Si](=O)[Si](=O)[Si](=O)[Si](=O)[Si](=O)[Si](=O)[Si](=O)[Si](=O)[Si](=O)[Si](=O)[Si](=O)[Si](=O)[Si](=O)[Si](=O)[Si](=O)[Si](=O)[Si](=O)[Si](=O)[Si](=O)[Si](=O)[Si](=O)[Si](=O)[Si](=O)[Si](=O)[Si](=O)[Si](=O)[Si](=O)[Si](=O)[Si](=O)[Si](=O)[Si](=O)[Si](=O)[Si]=O)[Si](=O)[Si](=O)[Si](=O)[Si](=O)[Si]=O. The van der Waals surface area contributed by atoms with Crippen LogP contribution in [0.3, 0.4) is 0 Å². The minimum Gasteiger partial charge on any atom is -0.574 e. The highest BCUT2D eigenvalue weighted by molar-refractivity contribution is 7.87. The number of rotatable bonds is 61. The molecule has 0 aliphatic carbocycles. The first-order chi connectivity index (χ1) is 54.0. The van der Waals surface area contributed by atoms with Gasteiger partial charge in [0.2, 0.25) is 0 Å². The van der Waals surface area contributed by atoms with E-state index in [1.54, 1.807) is 0 Å². The van der Waals surface area contributed by atoms with Gasteiger partial charge in [0.05, 0.1) is 13.2 Å². The van der Waals surface area contributed by atoms with E-state index >= 15 is 0 Å². The minimum absolute atomic E-state index is 0.245. The lowest BCUT2D eigenvalue weighted by atomic mass is 10.5. The first-order valence-electron chi connectivity index (χ1n) is 27.9. The average molecular weight is 2540 g/mol. The quantitative estimate of drug-likeness (QED) is 0.0436. The van der Waals surface area contributed by atoms with Crippen molar-refractivity contribution in [3.8, 4) is 0 Å². The zero-order valence-corrected chi connectivity index (χ0v) is 110. The largest absolute Gasteiger partial charge is 0.574 e. The molecule has 2 radical (unpaired) electrons. The monoisotopic (exact) mass is 2540 g/mol. The third-order valence-electron chi connectivity index (χ3n) is 12.5. The molecule has 0 heterocycles. The number of hydrogen-bond donors (Lipinski definition) is 1. The van der Waals surface area contributed by atoms with Gasteiger partial charge in [-0.3, -0.25) is 0 Å². The topological polar surface area (TPSA) is 960 Å². The van der Waals surface area contributed by atoms with Crippen LogP contribution in [0.4, 0.5) is 0 Å². The van der Waals surface area contributed by atoms with Crippen molar-refractivity contribution in [3.63, 3.8) is 0 Å². The lowest BCUT2D eigenvalue weighted by Crippen LogP contribution is -2.59. The van der Waals surface area contributed by atoms with Crippen LogP contribution in [-0.2, 0) is 250 Å². The van der Waals surface area contributed by atoms with E-state index in [9.17, 15) is 241 Å². The van der Waals surface area contributed by atoms with E-state index in [-0.39, 0.29) is 19.6 Å². The van der Waals surface area contributed by atoms with Gasteiger partial charge < -0.3 is 255 Å². The Labute approximate surface area is 712 Å². The van der Waals surface area contributed by atoms with Crippen LogP contribution < -0.4 is 0 Å². The highest BCUT2D eigenvalue weighted by Gasteiger charge is 2.62. The lowest BCUT2D eigenvalue weighted by Gasteiger charge is -2.24. The Bertz CT molecular complexity index is 5480. The second-order valence-corrected chi connectivity index (χ2v) is 279. The van der Waals surface area contributed by atoms with Crippen LogP contribution in [0, 0.1) is 0 Å². The molecule has 0 aliphatic rings. The molecule has 0 aromatic carbocycles. The Kier molecular flexibility index (Phi) is 54.9. The molecule has 0 saturated heterocycles. The molecule has 118 heavy (non-hydrogen) atoms. The molecule has 1 atom stereocenters. The third kappa shape index (κ3) is 31.3. The molecule has 0 amide bonds. The summed E-state index contributed by atoms with van der Waals surface area (Å²) in [5.74, 6) is 0. The van der Waals surface area contributed by atoms with Crippen molar-refractivity contribution < 1.29 is 255 Å². The van der Waals surface area contributed by atoms with Gasteiger partial charge in [-0.2, -0.15) is 0 Å². The van der Waals surface area contributed by atoms with Crippen molar-refractivity contribution >= 4 is 428 Å². The van der Waals surface area contributed by atoms with Crippen LogP contribution in [0.25, 0.3) is 0 Å². The van der Waals surface area contributed by atoms with E-state index in [1.165, 1.54) is 0 Å². The standard InChI is InChI=1S/C6H14O57Si55/c1-118(6-2-4-62-5-3-7,117(61)116(60)71(15)68(12)65-9)63-66(10)69(13)72(16)74(18)76(20)78(22)80(24)82(26)84(28)86(30)88(32)90(34)92(36)94(38)96(40)98(42)100(44)102(46)104(48)106(50)108(52)110(54)112(56)114(58)115(59)113(57)111(55)109(53)107(51)105(49)103(47)101(45)99(43)97(41)95(39)93(37)91(35)89(33)87(31)85(29)83(27)81(25)79(23)77(21)75(19)73(17)70(14)67(11)64-8/h7H,2-6H2,1H3. The van der Waals surface area contributed by atoms with Crippen molar-refractivity contribution in [1.29, 1.82) is 0 Å². The summed E-state index contributed by atoms with van der Waals surface area (Å²) in [7, 11) is -253. The average Bonchev–Trinajstić information content (AvgIpc) is 0.824. The Morgan fingerprint density at radius 1 is 0.203 bits per heavy atom. The van der Waals surface area contributed by atoms with Crippen LogP contribution in [0.15, 0.2) is 0 Å². The predicted octanol–water partition coefficient (Wildman–Crippen LogP) is -26.5. The first kappa shape index (κ1) is 119. The van der Waals surface area contributed by atoms with Gasteiger partial charge in [0.25, 0.3) is 7.83 Å². The fourth-order valence-electron chi connectivity index (χ4n) is 6.41. The van der Waals surface area contributed by atoms with E-state index in [0.717, 1.165) is 6.55 Å². The molecule has 1 N–H and O–H groups in total. The van der Waals surface area contributed by atoms with Crippen LogP contribution in [0.5, 0.6) is 0 Å². The van der Waals surface area contributed by atoms with Gasteiger partial charge >= 0.3 is 420 Å². The Morgan fingerprint density at radius 2 is 0.339 bits per heavy atom. The van der Waals surface area contributed by atoms with Crippen LogP contribution in [0.1, 0.15) is 6.42 Å². The zero-order valence-electron chi connectivity index (χ0n) is 55.3. The maximum Gasteiger partial charge on any atom is 0.532 e. The van der Waals surface area contributed by atoms with Crippen LogP contribution in [0.2, 0.25) is 12.6 Å². The van der Waals surface area contributed by atoms with Gasteiger partial charge in [0, 0.05) is 6.61 Å². The van der Waals surface area contributed by atoms with Gasteiger partial charge in [0.15, 0.2) is 0 Å². The van der Waals surface area contributed by atoms with Crippen molar-refractivity contribution in [2.75, 3.05) is 19.8 Å². The minimum atomic E-state index is -4.98. The molecule has 0 bridgehead atoms. The summed E-state index contributed by atoms with van der Waals surface area (Å²) in [6, 6.07) is -0.530. The molecule has 57 nitrogen and oxygen atoms in total. The van der Waals surface area contributed by atoms with Gasteiger partial charge in [-0.25, -0.2) is 0 Å². The van der Waals surface area contributed by atoms with Gasteiger partial charge in [-0.05, 0) is 19.0 Å². The third-order valence-corrected chi connectivity index (χ3v) is 425. The van der Waals surface area contributed by atoms with E-state index in [1.807, 2.05) is 0 Å². The second-order valence-electron chi connectivity index (χ2n) is 20.0. The van der Waals surface area contributed by atoms with Gasteiger partial charge in [0.1, 0.15) is 0 Å². The van der Waals surface area contributed by atoms with Gasteiger partial charge in [-0.15, -0.1) is 0 Å². The summed E-state index contributed by atoms with van der Waals surface area (Å²) in [5, 5.41) is 8.89. The summed E-state index contributed by atoms with van der Waals surface area (Å²) in [5.41, 5.74) is 0. The van der Waals surface area contributed by atoms with Crippen LogP contribution >= 0.6 is 0 Å². The Hall–Kier alpha value is 0.849. The van der Waals surface area contributed by atoms with Crippen molar-refractivity contribution in [1.82, 2.24) is 0 Å². The Morgan fingerprint density at radius 3 is 0.483 bits per heavy atom. The molecule has 1 unspecified atom stereocenters. The van der Waals surface area contributed by atoms with Crippen molar-refractivity contribution in [3.05, 3.63) is 0 Å². The molecular formula is C6H14O57Si55. The number of hydrogen-bond acceptors (Lipinski definition) is 57. The van der Waals surface area contributed by atoms with Crippen LogP contribution in [-0.4, -0.2) is 453 Å². The van der Waals surface area contributed by atoms with E-state index in [0.29, 0.717) is 0 Å². The summed E-state index contributed by atoms with van der Waals surface area (Å²) < 4.78 is 697. The predicted molar refractivity (Wildman–Crippen MR) is 388 cm³/mol. The second kappa shape index (κ2) is 54.5. The number of ether oxygens (including phenoxy) is 1. The maximum atomic E-state index is 13.4. The molecular weight excluding hydrogens is 2530 g/mol. The van der Waals surface area contributed by atoms with Crippen molar-refractivity contribution in [2.24, 2.45) is 0 Å². The summed E-state index contributed by atoms with van der Waals surface area (Å²) in [6.45, 7) is -0.170. The van der Waals surface area contributed by atoms with Crippen molar-refractivity contribution in [2.45, 2.75) is 19.0 Å². The fraction of sp³-hybridized carbons (Fsp3) is 1.00. The fourth-order valence-corrected chi connectivity index (χ4v) is 617. The molecule has 0 spiro atoms. The summed E-state index contributed by atoms with van der Waals surface area (Å²) in [6.07, 6.45) is -0.245. The molecule has 0 saturated carbocycles. The van der Waals surface area contributed by atoms with Gasteiger partial charge in [-0.1, -0.05) is 0 Å². The highest BCUT2D eigenvalue weighted by Crippen LogP contribution is 2.16. The maximum absolute atomic E-state index is 13.4. The summed E-state index contributed by atoms with van der Waals surface area (Å²) >= 11 is 0. The lowest BCUT2D eigenvalue weighted by molar-refractivity contribution is 0.0924. The highest BCUT2D eigenvalue weighted by atomic mass is 30.2. The molecule has 600 valence electrons. The number of aliphatic hydroxyl groups is 1. The normalized spacial score (nSPS) is 10.5. The molecule has 0 fully saturated rings. The van der Waals surface area contributed by atoms with E-state index < -0.39 is 440 Å². The molecule has 0 aromatic heterocycles. The Balaban J connectivity index is 6.12. The zero-order chi connectivity index (χ0) is 92.9. The molecule has 0 aromatic rings. The van der Waals surface area contributed by atoms with E-state index in [4.69, 9.17) is 14.0 Å². The smallest absolute Gasteiger partial charge is 0.532 e. The molecule has 0 rings (SSSR count).